The largest absolute Gasteiger partial charge is 0.298 e. The standard InChI is InChI=1S/C19H22FN3/c20-19-3-1-2-16(8-19)10-23-13-17-11-22(12-18(17)14-23)9-15-4-6-21-7-5-15/h1-8,17-18H,9-14H2/t17-,18+. The van der Waals surface area contributed by atoms with Gasteiger partial charge in [0, 0.05) is 51.7 Å². The van der Waals surface area contributed by atoms with Gasteiger partial charge in [-0.3, -0.25) is 14.8 Å². The topological polar surface area (TPSA) is 19.4 Å². The van der Waals surface area contributed by atoms with Crippen LogP contribution < -0.4 is 0 Å². The zero-order chi connectivity index (χ0) is 15.6. The lowest BCUT2D eigenvalue weighted by atomic mass is 10.0. The van der Waals surface area contributed by atoms with Gasteiger partial charge in [0.15, 0.2) is 0 Å². The van der Waals surface area contributed by atoms with Crippen LogP contribution in [0.3, 0.4) is 0 Å². The van der Waals surface area contributed by atoms with Gasteiger partial charge >= 0.3 is 0 Å². The highest BCUT2D eigenvalue weighted by molar-refractivity contribution is 5.16. The quantitative estimate of drug-likeness (QED) is 0.865. The molecule has 0 N–H and O–H groups in total. The fourth-order valence-corrected chi connectivity index (χ4v) is 4.09. The van der Waals surface area contributed by atoms with Crippen molar-refractivity contribution in [3.8, 4) is 0 Å². The first kappa shape index (κ1) is 14.8. The third kappa shape index (κ3) is 3.43. The van der Waals surface area contributed by atoms with Crippen LogP contribution in [-0.4, -0.2) is 41.0 Å². The number of nitrogens with zero attached hydrogens (tertiary/aromatic N) is 3. The molecule has 120 valence electrons. The Morgan fingerprint density at radius 2 is 1.48 bits per heavy atom. The number of pyridine rings is 1. The Hall–Kier alpha value is -1.78. The molecule has 0 aliphatic carbocycles. The Balaban J connectivity index is 1.31. The molecule has 2 fully saturated rings. The summed E-state index contributed by atoms with van der Waals surface area (Å²) in [7, 11) is 0. The summed E-state index contributed by atoms with van der Waals surface area (Å²) in [6, 6.07) is 11.2. The first-order chi connectivity index (χ1) is 11.3. The Morgan fingerprint density at radius 3 is 2.09 bits per heavy atom. The molecule has 2 aromatic rings. The molecule has 0 amide bonds. The number of hydrogen-bond acceptors (Lipinski definition) is 3. The second-order valence-electron chi connectivity index (χ2n) is 6.89. The van der Waals surface area contributed by atoms with Gasteiger partial charge < -0.3 is 0 Å². The van der Waals surface area contributed by atoms with Gasteiger partial charge in [-0.25, -0.2) is 4.39 Å². The van der Waals surface area contributed by atoms with Crippen molar-refractivity contribution in [1.29, 1.82) is 0 Å². The van der Waals surface area contributed by atoms with Crippen molar-refractivity contribution in [3.05, 3.63) is 65.7 Å². The van der Waals surface area contributed by atoms with Crippen molar-refractivity contribution in [2.24, 2.45) is 11.8 Å². The lowest BCUT2D eigenvalue weighted by Crippen LogP contribution is -2.28. The number of halogens is 1. The molecule has 2 aliphatic heterocycles. The van der Waals surface area contributed by atoms with E-state index in [0.29, 0.717) is 0 Å². The fraction of sp³-hybridized carbons (Fsp3) is 0.421. The number of likely N-dealkylation sites (tertiary alicyclic amines) is 2. The van der Waals surface area contributed by atoms with Gasteiger partial charge in [-0.15, -0.1) is 0 Å². The molecule has 0 unspecified atom stereocenters. The Morgan fingerprint density at radius 1 is 0.870 bits per heavy atom. The molecular formula is C19H22FN3. The summed E-state index contributed by atoms with van der Waals surface area (Å²) in [5, 5.41) is 0. The molecule has 1 aromatic carbocycles. The predicted octanol–water partition coefficient (Wildman–Crippen LogP) is 2.78. The van der Waals surface area contributed by atoms with Gasteiger partial charge in [0.05, 0.1) is 0 Å². The molecule has 2 aliphatic rings. The van der Waals surface area contributed by atoms with E-state index in [1.54, 1.807) is 12.1 Å². The second kappa shape index (κ2) is 6.38. The molecule has 4 heteroatoms. The van der Waals surface area contributed by atoms with Gasteiger partial charge in [0.2, 0.25) is 0 Å². The average Bonchev–Trinajstić information content (AvgIpc) is 3.06. The third-order valence-corrected chi connectivity index (χ3v) is 5.09. The van der Waals surface area contributed by atoms with Crippen LogP contribution in [0.25, 0.3) is 0 Å². The summed E-state index contributed by atoms with van der Waals surface area (Å²) in [5.41, 5.74) is 2.43. The van der Waals surface area contributed by atoms with Crippen molar-refractivity contribution < 1.29 is 4.39 Å². The van der Waals surface area contributed by atoms with Gasteiger partial charge in [-0.2, -0.15) is 0 Å². The zero-order valence-electron chi connectivity index (χ0n) is 13.2. The minimum absolute atomic E-state index is 0.134. The van der Waals surface area contributed by atoms with Crippen molar-refractivity contribution in [2.45, 2.75) is 13.1 Å². The fourth-order valence-electron chi connectivity index (χ4n) is 4.09. The van der Waals surface area contributed by atoms with Crippen molar-refractivity contribution in [3.63, 3.8) is 0 Å². The van der Waals surface area contributed by atoms with Crippen LogP contribution in [0.5, 0.6) is 0 Å². The molecule has 3 nitrogen and oxygen atoms in total. The van der Waals surface area contributed by atoms with Crippen molar-refractivity contribution >= 4 is 0 Å². The first-order valence-corrected chi connectivity index (χ1v) is 8.34. The maximum absolute atomic E-state index is 13.3. The van der Waals surface area contributed by atoms with Crippen molar-refractivity contribution in [2.75, 3.05) is 26.2 Å². The predicted molar refractivity (Wildman–Crippen MR) is 88.2 cm³/mol. The highest BCUT2D eigenvalue weighted by Crippen LogP contribution is 2.32. The number of benzene rings is 1. The van der Waals surface area contributed by atoms with Crippen LogP contribution in [0, 0.1) is 17.7 Å². The van der Waals surface area contributed by atoms with E-state index < -0.39 is 0 Å². The Kier molecular flexibility index (Phi) is 4.10. The highest BCUT2D eigenvalue weighted by atomic mass is 19.1. The molecule has 3 heterocycles. The van der Waals surface area contributed by atoms with Crippen LogP contribution in [0.1, 0.15) is 11.1 Å². The van der Waals surface area contributed by atoms with E-state index in [-0.39, 0.29) is 5.82 Å². The number of fused-ring (bicyclic) bond motifs is 1. The minimum atomic E-state index is -0.134. The summed E-state index contributed by atoms with van der Waals surface area (Å²) < 4.78 is 13.3. The normalized spacial score (nSPS) is 24.9. The third-order valence-electron chi connectivity index (χ3n) is 5.09. The summed E-state index contributed by atoms with van der Waals surface area (Å²) >= 11 is 0. The Bertz CT molecular complexity index is 647. The molecule has 2 saturated heterocycles. The van der Waals surface area contributed by atoms with Crippen LogP contribution in [0.2, 0.25) is 0 Å². The Labute approximate surface area is 136 Å². The maximum Gasteiger partial charge on any atom is 0.123 e. The SMILES string of the molecule is Fc1cccc(CN2C[C@H]3CN(Cc4ccncc4)C[C@H]3C2)c1. The van der Waals surface area contributed by atoms with Crippen LogP contribution in [0.15, 0.2) is 48.8 Å². The van der Waals surface area contributed by atoms with E-state index in [0.717, 1.165) is 43.6 Å². The molecule has 2 atom stereocenters. The zero-order valence-corrected chi connectivity index (χ0v) is 13.2. The second-order valence-corrected chi connectivity index (χ2v) is 6.89. The number of hydrogen-bond donors (Lipinski definition) is 0. The minimum Gasteiger partial charge on any atom is -0.298 e. The van der Waals surface area contributed by atoms with Crippen molar-refractivity contribution in [1.82, 2.24) is 14.8 Å². The maximum atomic E-state index is 13.3. The smallest absolute Gasteiger partial charge is 0.123 e. The molecule has 0 bridgehead atoms. The molecule has 0 saturated carbocycles. The van der Waals surface area contributed by atoms with Gasteiger partial charge in [-0.05, 0) is 47.2 Å². The molecule has 23 heavy (non-hydrogen) atoms. The van der Waals surface area contributed by atoms with E-state index in [1.165, 1.54) is 24.7 Å². The van der Waals surface area contributed by atoms with E-state index >= 15 is 0 Å². The van der Waals surface area contributed by atoms with E-state index in [1.807, 2.05) is 18.5 Å². The average molecular weight is 311 g/mol. The van der Waals surface area contributed by atoms with Crippen LogP contribution >= 0.6 is 0 Å². The van der Waals surface area contributed by atoms with E-state index in [9.17, 15) is 4.39 Å². The summed E-state index contributed by atoms with van der Waals surface area (Å²) in [4.78, 5) is 9.12. The van der Waals surface area contributed by atoms with Gasteiger partial charge in [0.25, 0.3) is 0 Å². The number of aromatic nitrogens is 1. The molecule has 1 aromatic heterocycles. The highest BCUT2D eigenvalue weighted by Gasteiger charge is 2.39. The lowest BCUT2D eigenvalue weighted by Gasteiger charge is -2.21. The van der Waals surface area contributed by atoms with E-state index in [2.05, 4.69) is 26.9 Å². The van der Waals surface area contributed by atoms with Crippen LogP contribution in [-0.2, 0) is 13.1 Å². The molecule has 0 spiro atoms. The monoisotopic (exact) mass is 311 g/mol. The van der Waals surface area contributed by atoms with E-state index in [4.69, 9.17) is 0 Å². The lowest BCUT2D eigenvalue weighted by molar-refractivity contribution is 0.246. The summed E-state index contributed by atoms with van der Waals surface area (Å²) in [6.07, 6.45) is 3.74. The van der Waals surface area contributed by atoms with Crippen LogP contribution in [0.4, 0.5) is 4.39 Å². The number of rotatable bonds is 4. The molecular weight excluding hydrogens is 289 g/mol. The van der Waals surface area contributed by atoms with Gasteiger partial charge in [-0.1, -0.05) is 12.1 Å². The van der Waals surface area contributed by atoms with Gasteiger partial charge in [0.1, 0.15) is 5.82 Å². The first-order valence-electron chi connectivity index (χ1n) is 8.34. The summed E-state index contributed by atoms with van der Waals surface area (Å²) in [5.74, 6) is 1.38. The molecule has 0 radical (unpaired) electrons. The summed E-state index contributed by atoms with van der Waals surface area (Å²) in [6.45, 7) is 6.51. The molecule has 4 rings (SSSR count).